The predicted molar refractivity (Wildman–Crippen MR) is 108 cm³/mol. The number of piperazine rings is 1. The van der Waals surface area contributed by atoms with Crippen LogP contribution in [0, 0.1) is 0 Å². The molecule has 2 saturated heterocycles. The van der Waals surface area contributed by atoms with Crippen LogP contribution in [0.15, 0.2) is 17.0 Å². The minimum absolute atomic E-state index is 0.0233. The number of hydrogen-bond acceptors (Lipinski definition) is 7. The van der Waals surface area contributed by atoms with Crippen LogP contribution in [0.2, 0.25) is 5.02 Å². The fourth-order valence-electron chi connectivity index (χ4n) is 3.59. The molecule has 168 valence electrons. The Morgan fingerprint density at radius 1 is 0.968 bits per heavy atom. The van der Waals surface area contributed by atoms with Gasteiger partial charge in [-0.25, -0.2) is 8.42 Å². The molecule has 3 amide bonds. The van der Waals surface area contributed by atoms with Crippen LogP contribution in [0.3, 0.4) is 0 Å². The van der Waals surface area contributed by atoms with Crippen molar-refractivity contribution in [1.82, 2.24) is 14.1 Å². The average Bonchev–Trinajstić information content (AvgIpc) is 2.78. The molecule has 13 heteroatoms. The Kier molecular flexibility index (Phi) is 6.06. The van der Waals surface area contributed by atoms with Gasteiger partial charge in [-0.05, 0) is 6.07 Å². The maximum Gasteiger partial charge on any atom is 0.312 e. The van der Waals surface area contributed by atoms with Crippen molar-refractivity contribution in [3.05, 3.63) is 17.2 Å². The van der Waals surface area contributed by atoms with Gasteiger partial charge in [0.1, 0.15) is 10.6 Å². The lowest BCUT2D eigenvalue weighted by Crippen LogP contribution is -2.55. The first-order valence-corrected chi connectivity index (χ1v) is 11.5. The number of anilines is 1. The molecule has 3 heterocycles. The minimum Gasteiger partial charge on any atom is -0.482 e. The topological polar surface area (TPSA) is 126 Å². The van der Waals surface area contributed by atoms with Crippen molar-refractivity contribution in [3.63, 3.8) is 0 Å². The number of halogens is 1. The zero-order valence-corrected chi connectivity index (χ0v) is 18.1. The Hall–Kier alpha value is -2.41. The highest BCUT2D eigenvalue weighted by molar-refractivity contribution is 7.89. The quantitative estimate of drug-likeness (QED) is 0.567. The number of fused-ring (bicyclic) bond motifs is 1. The molecule has 0 aliphatic carbocycles. The van der Waals surface area contributed by atoms with Gasteiger partial charge < -0.3 is 24.6 Å². The monoisotopic (exact) mass is 472 g/mol. The highest BCUT2D eigenvalue weighted by Crippen LogP contribution is 2.37. The summed E-state index contributed by atoms with van der Waals surface area (Å²) >= 11 is 6.18. The van der Waals surface area contributed by atoms with E-state index in [4.69, 9.17) is 21.1 Å². The lowest BCUT2D eigenvalue weighted by molar-refractivity contribution is -0.154. The SMILES string of the molecule is O=C1COc2cc(S(=O)(=O)N3CCN(C(=O)C(=O)N4CCOCC4)CC3)c(Cl)cc2N1. The molecular weight excluding hydrogens is 452 g/mol. The summed E-state index contributed by atoms with van der Waals surface area (Å²) in [6.07, 6.45) is 0. The summed E-state index contributed by atoms with van der Waals surface area (Å²) in [6, 6.07) is 2.62. The highest BCUT2D eigenvalue weighted by Gasteiger charge is 2.35. The number of sulfonamides is 1. The summed E-state index contributed by atoms with van der Waals surface area (Å²) in [6.45, 7) is 1.50. The van der Waals surface area contributed by atoms with Crippen molar-refractivity contribution in [1.29, 1.82) is 0 Å². The maximum atomic E-state index is 13.1. The molecular formula is C18H21ClN4O7S. The molecule has 0 saturated carbocycles. The van der Waals surface area contributed by atoms with Gasteiger partial charge in [0.05, 0.1) is 23.9 Å². The van der Waals surface area contributed by atoms with Crippen LogP contribution in [-0.2, 0) is 29.1 Å². The number of amides is 3. The molecule has 1 N–H and O–H groups in total. The summed E-state index contributed by atoms with van der Waals surface area (Å²) in [5, 5.41) is 2.52. The van der Waals surface area contributed by atoms with Crippen molar-refractivity contribution in [2.45, 2.75) is 4.90 Å². The van der Waals surface area contributed by atoms with Crippen LogP contribution in [0.5, 0.6) is 5.75 Å². The van der Waals surface area contributed by atoms with Gasteiger partial charge in [-0.3, -0.25) is 14.4 Å². The molecule has 1 aromatic rings. The number of rotatable bonds is 2. The van der Waals surface area contributed by atoms with Gasteiger partial charge in [-0.1, -0.05) is 11.6 Å². The van der Waals surface area contributed by atoms with E-state index in [0.29, 0.717) is 32.0 Å². The molecule has 11 nitrogen and oxygen atoms in total. The van der Waals surface area contributed by atoms with Crippen LogP contribution in [0.1, 0.15) is 0 Å². The zero-order valence-electron chi connectivity index (χ0n) is 16.5. The Morgan fingerprint density at radius 2 is 1.58 bits per heavy atom. The molecule has 0 atom stereocenters. The fraction of sp³-hybridized carbons (Fsp3) is 0.500. The second-order valence-corrected chi connectivity index (χ2v) is 9.53. The Morgan fingerprint density at radius 3 is 2.23 bits per heavy atom. The lowest BCUT2D eigenvalue weighted by Gasteiger charge is -2.35. The normalized spacial score (nSPS) is 20.0. The van der Waals surface area contributed by atoms with E-state index in [0.717, 1.165) is 0 Å². The van der Waals surface area contributed by atoms with Crippen LogP contribution >= 0.6 is 11.6 Å². The van der Waals surface area contributed by atoms with Gasteiger partial charge in [-0.2, -0.15) is 4.31 Å². The summed E-state index contributed by atoms with van der Waals surface area (Å²) in [5.74, 6) is -1.38. The number of morpholine rings is 1. The average molecular weight is 473 g/mol. The fourth-order valence-corrected chi connectivity index (χ4v) is 5.53. The van der Waals surface area contributed by atoms with Gasteiger partial charge in [0, 0.05) is 45.3 Å². The smallest absolute Gasteiger partial charge is 0.312 e. The molecule has 1 aromatic carbocycles. The van der Waals surface area contributed by atoms with E-state index in [2.05, 4.69) is 5.32 Å². The number of benzene rings is 1. The van der Waals surface area contributed by atoms with Gasteiger partial charge in [0.2, 0.25) is 10.0 Å². The van der Waals surface area contributed by atoms with E-state index in [9.17, 15) is 22.8 Å². The molecule has 0 bridgehead atoms. The van der Waals surface area contributed by atoms with Crippen molar-refractivity contribution < 1.29 is 32.3 Å². The minimum atomic E-state index is -3.97. The first kappa shape index (κ1) is 21.8. The zero-order chi connectivity index (χ0) is 22.2. The maximum absolute atomic E-state index is 13.1. The third kappa shape index (κ3) is 4.33. The molecule has 0 spiro atoms. The van der Waals surface area contributed by atoms with Crippen LogP contribution in [0.25, 0.3) is 0 Å². The van der Waals surface area contributed by atoms with Crippen LogP contribution < -0.4 is 10.1 Å². The van der Waals surface area contributed by atoms with Crippen molar-refractivity contribution >= 4 is 45.0 Å². The first-order valence-electron chi connectivity index (χ1n) is 9.69. The second kappa shape index (κ2) is 8.61. The van der Waals surface area contributed by atoms with Crippen molar-refractivity contribution in [3.8, 4) is 5.75 Å². The van der Waals surface area contributed by atoms with Crippen LogP contribution in [-0.4, -0.2) is 99.3 Å². The van der Waals surface area contributed by atoms with Gasteiger partial charge in [0.25, 0.3) is 5.91 Å². The molecule has 3 aliphatic rings. The van der Waals surface area contributed by atoms with Crippen molar-refractivity contribution in [2.75, 3.05) is 64.4 Å². The van der Waals surface area contributed by atoms with E-state index >= 15 is 0 Å². The molecule has 4 rings (SSSR count). The van der Waals surface area contributed by atoms with Crippen LogP contribution in [0.4, 0.5) is 5.69 Å². The summed E-state index contributed by atoms with van der Waals surface area (Å²) in [4.78, 5) is 39.0. The molecule has 31 heavy (non-hydrogen) atoms. The summed E-state index contributed by atoms with van der Waals surface area (Å²) in [5.41, 5.74) is 0.303. The molecule has 3 aliphatic heterocycles. The molecule has 2 fully saturated rings. The van der Waals surface area contributed by atoms with E-state index < -0.39 is 21.8 Å². The van der Waals surface area contributed by atoms with E-state index in [1.54, 1.807) is 0 Å². The summed E-state index contributed by atoms with van der Waals surface area (Å²) < 4.78 is 37.9. The number of nitrogens with one attached hydrogen (secondary N) is 1. The first-order chi connectivity index (χ1) is 14.8. The third-order valence-electron chi connectivity index (χ3n) is 5.29. The Balaban J connectivity index is 1.44. The lowest BCUT2D eigenvalue weighted by atomic mass is 10.2. The number of carbonyl (C=O) groups is 3. The Bertz CT molecular complexity index is 1020. The highest BCUT2D eigenvalue weighted by atomic mass is 35.5. The summed E-state index contributed by atoms with van der Waals surface area (Å²) in [7, 11) is -3.97. The largest absolute Gasteiger partial charge is 0.482 e. The molecule has 0 unspecified atom stereocenters. The van der Waals surface area contributed by atoms with E-state index in [-0.39, 0.29) is 54.4 Å². The van der Waals surface area contributed by atoms with Gasteiger partial charge in [0.15, 0.2) is 6.61 Å². The molecule has 0 radical (unpaired) electrons. The van der Waals surface area contributed by atoms with Gasteiger partial charge in [-0.15, -0.1) is 0 Å². The van der Waals surface area contributed by atoms with Gasteiger partial charge >= 0.3 is 11.8 Å². The third-order valence-corrected chi connectivity index (χ3v) is 7.66. The van der Waals surface area contributed by atoms with E-state index in [1.807, 2.05) is 0 Å². The second-order valence-electron chi connectivity index (χ2n) is 7.22. The number of nitrogens with zero attached hydrogens (tertiary/aromatic N) is 3. The van der Waals surface area contributed by atoms with E-state index in [1.165, 1.54) is 26.2 Å². The van der Waals surface area contributed by atoms with Crippen molar-refractivity contribution in [2.24, 2.45) is 0 Å². The number of carbonyl (C=O) groups excluding carboxylic acids is 3. The predicted octanol–water partition coefficient (Wildman–Crippen LogP) is -0.637. The Labute approximate surface area is 183 Å². The standard InChI is InChI=1S/C18H21ClN4O7S/c19-12-9-13-14(30-11-16(24)20-13)10-15(12)31(27,28)23-3-1-21(2-4-23)17(25)18(26)22-5-7-29-8-6-22/h9-10H,1-8,11H2,(H,20,24). The molecule has 0 aromatic heterocycles. The number of hydrogen-bond donors (Lipinski definition) is 1. The number of ether oxygens (including phenoxy) is 2.